The maximum absolute atomic E-state index is 12.1. The molecule has 0 amide bonds. The lowest BCUT2D eigenvalue weighted by atomic mass is 10.1. The molecular weight excluding hydrogens is 312 g/mol. The molecule has 2 aromatic rings. The summed E-state index contributed by atoms with van der Waals surface area (Å²) in [6.45, 7) is 0. The van der Waals surface area contributed by atoms with Gasteiger partial charge in [-0.2, -0.15) is 5.10 Å². The lowest BCUT2D eigenvalue weighted by Crippen LogP contribution is -2.25. The van der Waals surface area contributed by atoms with E-state index in [4.69, 9.17) is 16.3 Å². The van der Waals surface area contributed by atoms with Crippen molar-refractivity contribution in [2.45, 2.75) is 50.7 Å². The van der Waals surface area contributed by atoms with Crippen molar-refractivity contribution in [3.05, 3.63) is 53.3 Å². The number of halogens is 1. The number of rotatable bonds is 6. The summed E-state index contributed by atoms with van der Waals surface area (Å²) in [5, 5.41) is 5.01. The molecule has 1 aromatic heterocycles. The average molecular weight is 333 g/mol. The van der Waals surface area contributed by atoms with Crippen LogP contribution in [0.3, 0.4) is 0 Å². The molecular formula is C18H21ClN2O2. The minimum Gasteiger partial charge on any atom is -0.460 e. The van der Waals surface area contributed by atoms with Crippen LogP contribution in [0.4, 0.5) is 0 Å². The Bertz CT molecular complexity index is 625. The second-order valence-corrected chi connectivity index (χ2v) is 6.43. The van der Waals surface area contributed by atoms with Gasteiger partial charge < -0.3 is 4.74 Å². The molecule has 1 heterocycles. The molecule has 1 aliphatic carbocycles. The van der Waals surface area contributed by atoms with E-state index in [2.05, 4.69) is 5.10 Å². The summed E-state index contributed by atoms with van der Waals surface area (Å²) in [7, 11) is 0. The fourth-order valence-corrected chi connectivity index (χ4v) is 3.27. The smallest absolute Gasteiger partial charge is 0.306 e. The number of esters is 1. The van der Waals surface area contributed by atoms with E-state index in [0.717, 1.165) is 37.1 Å². The summed E-state index contributed by atoms with van der Waals surface area (Å²) in [6, 6.07) is 9.84. The number of ether oxygens (including phenoxy) is 1. The van der Waals surface area contributed by atoms with Crippen molar-refractivity contribution < 1.29 is 9.53 Å². The lowest BCUT2D eigenvalue weighted by molar-refractivity contribution is -0.150. The van der Waals surface area contributed by atoms with Crippen molar-refractivity contribution in [3.8, 4) is 0 Å². The van der Waals surface area contributed by atoms with E-state index in [1.54, 1.807) is 6.20 Å². The molecule has 0 radical (unpaired) electrons. The Morgan fingerprint density at radius 1 is 1.30 bits per heavy atom. The van der Waals surface area contributed by atoms with Crippen LogP contribution in [0.1, 0.15) is 43.7 Å². The fraction of sp³-hybridized carbons (Fsp3) is 0.444. The zero-order chi connectivity index (χ0) is 16.1. The summed E-state index contributed by atoms with van der Waals surface area (Å²) in [6.07, 6.45) is 8.79. The van der Waals surface area contributed by atoms with Gasteiger partial charge in [-0.1, -0.05) is 23.7 Å². The Kier molecular flexibility index (Phi) is 5.34. The molecule has 23 heavy (non-hydrogen) atoms. The predicted octanol–water partition coefficient (Wildman–Crippen LogP) is 4.20. The molecule has 4 nitrogen and oxygen atoms in total. The maximum atomic E-state index is 12.1. The highest BCUT2D eigenvalue weighted by Gasteiger charge is 2.31. The van der Waals surface area contributed by atoms with Crippen LogP contribution in [-0.4, -0.2) is 21.9 Å². The molecule has 1 aliphatic rings. The highest BCUT2D eigenvalue weighted by molar-refractivity contribution is 6.30. The summed E-state index contributed by atoms with van der Waals surface area (Å²) in [5.74, 6) is -0.108. The van der Waals surface area contributed by atoms with Gasteiger partial charge in [0.05, 0.1) is 6.04 Å². The van der Waals surface area contributed by atoms with Gasteiger partial charge in [-0.05, 0) is 55.9 Å². The first-order chi connectivity index (χ1) is 11.2. The van der Waals surface area contributed by atoms with E-state index in [9.17, 15) is 4.79 Å². The van der Waals surface area contributed by atoms with Crippen LogP contribution >= 0.6 is 11.6 Å². The van der Waals surface area contributed by atoms with Gasteiger partial charge in [0.1, 0.15) is 6.10 Å². The Morgan fingerprint density at radius 2 is 2.13 bits per heavy atom. The Morgan fingerprint density at radius 3 is 2.87 bits per heavy atom. The number of benzene rings is 1. The maximum Gasteiger partial charge on any atom is 0.306 e. The van der Waals surface area contributed by atoms with E-state index < -0.39 is 0 Å². The number of aryl methyl sites for hydroxylation is 1. The first-order valence-corrected chi connectivity index (χ1v) is 8.53. The number of nitrogens with zero attached hydrogens (tertiary/aromatic N) is 2. The quantitative estimate of drug-likeness (QED) is 0.745. The molecule has 1 aromatic carbocycles. The molecule has 122 valence electrons. The minimum absolute atomic E-state index is 0.0436. The van der Waals surface area contributed by atoms with Crippen LogP contribution < -0.4 is 0 Å². The third-order valence-corrected chi connectivity index (χ3v) is 4.58. The van der Waals surface area contributed by atoms with E-state index in [-0.39, 0.29) is 18.1 Å². The molecule has 0 aliphatic heterocycles. The Labute approximate surface area is 141 Å². The summed E-state index contributed by atoms with van der Waals surface area (Å²) < 4.78 is 7.60. The van der Waals surface area contributed by atoms with E-state index >= 15 is 0 Å². The number of hydrogen-bond acceptors (Lipinski definition) is 3. The zero-order valence-electron chi connectivity index (χ0n) is 13.0. The van der Waals surface area contributed by atoms with Crippen molar-refractivity contribution in [1.29, 1.82) is 0 Å². The van der Waals surface area contributed by atoms with Crippen LogP contribution in [0.25, 0.3) is 0 Å². The normalized spacial score (nSPS) is 20.6. The van der Waals surface area contributed by atoms with Crippen LogP contribution in [0.5, 0.6) is 0 Å². The second-order valence-electron chi connectivity index (χ2n) is 5.99. The molecule has 5 heteroatoms. The van der Waals surface area contributed by atoms with Crippen LogP contribution in [0.2, 0.25) is 5.02 Å². The molecule has 0 unspecified atom stereocenters. The molecule has 3 rings (SSSR count). The van der Waals surface area contributed by atoms with Gasteiger partial charge in [-0.25, -0.2) is 0 Å². The third-order valence-electron chi connectivity index (χ3n) is 4.32. The Hall–Kier alpha value is -1.81. The van der Waals surface area contributed by atoms with Gasteiger partial charge in [0.15, 0.2) is 0 Å². The Balaban J connectivity index is 1.44. The topological polar surface area (TPSA) is 44.1 Å². The van der Waals surface area contributed by atoms with Crippen molar-refractivity contribution in [2.24, 2.45) is 0 Å². The van der Waals surface area contributed by atoms with Crippen LogP contribution in [-0.2, 0) is 16.0 Å². The van der Waals surface area contributed by atoms with Crippen molar-refractivity contribution >= 4 is 17.6 Å². The van der Waals surface area contributed by atoms with E-state index in [1.165, 1.54) is 5.56 Å². The van der Waals surface area contributed by atoms with Crippen LogP contribution in [0, 0.1) is 0 Å². The third kappa shape index (κ3) is 4.35. The molecule has 0 saturated heterocycles. The second kappa shape index (κ2) is 7.64. The van der Waals surface area contributed by atoms with Crippen molar-refractivity contribution in [2.75, 3.05) is 0 Å². The number of carbonyl (C=O) groups excluding carboxylic acids is 1. The van der Waals surface area contributed by atoms with Gasteiger partial charge in [0.2, 0.25) is 0 Å². The first kappa shape index (κ1) is 16.1. The van der Waals surface area contributed by atoms with Gasteiger partial charge in [-0.3, -0.25) is 9.48 Å². The number of hydrogen-bond donors (Lipinski definition) is 0. The highest BCUT2D eigenvalue weighted by Crippen LogP contribution is 2.32. The SMILES string of the molecule is O=C(CCCc1ccc(Cl)cc1)O[C@@H]1CCC[C@H]1n1cccn1. The highest BCUT2D eigenvalue weighted by atomic mass is 35.5. The first-order valence-electron chi connectivity index (χ1n) is 8.15. The predicted molar refractivity (Wildman–Crippen MR) is 89.4 cm³/mol. The minimum atomic E-state index is -0.108. The molecule has 0 bridgehead atoms. The average Bonchev–Trinajstić information content (AvgIpc) is 3.20. The van der Waals surface area contributed by atoms with Gasteiger partial charge in [0, 0.05) is 23.8 Å². The fourth-order valence-electron chi connectivity index (χ4n) is 3.14. The largest absolute Gasteiger partial charge is 0.460 e. The van der Waals surface area contributed by atoms with E-state index in [0.29, 0.717) is 6.42 Å². The zero-order valence-corrected chi connectivity index (χ0v) is 13.8. The lowest BCUT2D eigenvalue weighted by Gasteiger charge is -2.20. The molecule has 0 N–H and O–H groups in total. The summed E-state index contributed by atoms with van der Waals surface area (Å²) in [5.41, 5.74) is 1.19. The van der Waals surface area contributed by atoms with E-state index in [1.807, 2.05) is 41.2 Å². The molecule has 2 atom stereocenters. The van der Waals surface area contributed by atoms with Gasteiger partial charge in [-0.15, -0.1) is 0 Å². The molecule has 1 fully saturated rings. The van der Waals surface area contributed by atoms with Crippen LogP contribution in [0.15, 0.2) is 42.7 Å². The number of carbonyl (C=O) groups is 1. The van der Waals surface area contributed by atoms with Crippen molar-refractivity contribution in [1.82, 2.24) is 9.78 Å². The molecule has 1 saturated carbocycles. The summed E-state index contributed by atoms with van der Waals surface area (Å²) in [4.78, 5) is 12.1. The van der Waals surface area contributed by atoms with Crippen molar-refractivity contribution in [3.63, 3.8) is 0 Å². The van der Waals surface area contributed by atoms with Gasteiger partial charge in [0.25, 0.3) is 0 Å². The van der Waals surface area contributed by atoms with Gasteiger partial charge >= 0.3 is 5.97 Å². The molecule has 0 spiro atoms. The summed E-state index contributed by atoms with van der Waals surface area (Å²) >= 11 is 5.87. The standard InChI is InChI=1S/C18H21ClN2O2/c19-15-10-8-14(9-11-15)4-1-7-18(22)23-17-6-2-5-16(17)21-13-3-12-20-21/h3,8-13,16-17H,1-2,4-7H2/t16-,17-/m1/s1. The monoisotopic (exact) mass is 332 g/mol. The number of aromatic nitrogens is 2.